The van der Waals surface area contributed by atoms with Crippen LogP contribution in [0.5, 0.6) is 0 Å². The Morgan fingerprint density at radius 2 is 1.63 bits per heavy atom. The van der Waals surface area contributed by atoms with Crippen LogP contribution in [0.1, 0.15) is 31.1 Å². The molecule has 9 nitrogen and oxygen atoms in total. The van der Waals surface area contributed by atoms with Crippen molar-refractivity contribution < 1.29 is 22.8 Å². The number of thiazole rings is 1. The fourth-order valence-corrected chi connectivity index (χ4v) is 5.61. The molecule has 2 heterocycles. The molecule has 1 aliphatic rings. The Bertz CT molecular complexity index is 1610. The Kier molecular flexibility index (Phi) is 5.47. The summed E-state index contributed by atoms with van der Waals surface area (Å²) >= 11 is 1.14. The number of nitrogens with zero attached hydrogens (tertiary/aromatic N) is 3. The van der Waals surface area contributed by atoms with E-state index in [2.05, 4.69) is 10.3 Å². The lowest BCUT2D eigenvalue weighted by atomic mass is 10.1. The summed E-state index contributed by atoms with van der Waals surface area (Å²) in [6.45, 7) is 0. The fourth-order valence-electron chi connectivity index (χ4n) is 3.71. The van der Waals surface area contributed by atoms with E-state index in [1.807, 2.05) is 0 Å². The first-order valence-electron chi connectivity index (χ1n) is 10.4. The number of carbonyl (C=O) groups excluding carboxylic acids is 3. The van der Waals surface area contributed by atoms with Crippen molar-refractivity contribution in [2.45, 2.75) is 4.90 Å². The van der Waals surface area contributed by atoms with Gasteiger partial charge in [-0.1, -0.05) is 29.5 Å². The first-order valence-corrected chi connectivity index (χ1v) is 12.6. The van der Waals surface area contributed by atoms with E-state index in [1.54, 1.807) is 48.5 Å². The minimum Gasteiger partial charge on any atom is -0.298 e. The Morgan fingerprint density at radius 3 is 2.29 bits per heavy atom. The molecule has 11 heteroatoms. The summed E-state index contributed by atoms with van der Waals surface area (Å²) < 4.78 is 26.5. The highest BCUT2D eigenvalue weighted by molar-refractivity contribution is 7.89. The number of aromatic nitrogens is 1. The van der Waals surface area contributed by atoms with Crippen molar-refractivity contribution in [1.82, 2.24) is 9.29 Å². The van der Waals surface area contributed by atoms with Gasteiger partial charge >= 0.3 is 0 Å². The standard InChI is InChI=1S/C24H18N4O5S2/c1-27(2)35(32,33)16-10-11-19-20(13-16)34-24(25-19)26-21(29)14-6-5-7-15(12-14)28-22(30)17-8-3-4-9-18(17)23(28)31/h3-13H,1-2H3,(H,25,26,29). The second kappa shape index (κ2) is 8.38. The van der Waals surface area contributed by atoms with E-state index < -0.39 is 27.7 Å². The molecule has 0 unspecified atom stereocenters. The molecule has 3 aromatic carbocycles. The highest BCUT2D eigenvalue weighted by Gasteiger charge is 2.36. The predicted octanol–water partition coefficient (Wildman–Crippen LogP) is 3.60. The van der Waals surface area contributed by atoms with Gasteiger partial charge in [-0.25, -0.2) is 22.6 Å². The number of amides is 3. The average Bonchev–Trinajstić information content (AvgIpc) is 3.36. The highest BCUT2D eigenvalue weighted by Crippen LogP contribution is 2.31. The number of hydrogen-bond donors (Lipinski definition) is 1. The van der Waals surface area contributed by atoms with Crippen LogP contribution in [-0.4, -0.2) is 49.5 Å². The number of fused-ring (bicyclic) bond motifs is 2. The van der Waals surface area contributed by atoms with Gasteiger partial charge in [0.15, 0.2) is 5.13 Å². The Morgan fingerprint density at radius 1 is 0.943 bits per heavy atom. The molecule has 0 saturated carbocycles. The lowest BCUT2D eigenvalue weighted by molar-refractivity contribution is 0.0924. The number of nitrogens with one attached hydrogen (secondary N) is 1. The summed E-state index contributed by atoms with van der Waals surface area (Å²) in [4.78, 5) is 44.0. The second-order valence-electron chi connectivity index (χ2n) is 7.93. The number of rotatable bonds is 5. The third-order valence-electron chi connectivity index (χ3n) is 5.52. The number of carbonyl (C=O) groups is 3. The second-order valence-corrected chi connectivity index (χ2v) is 11.1. The molecule has 176 valence electrons. The van der Waals surface area contributed by atoms with Gasteiger partial charge in [0.05, 0.1) is 31.9 Å². The molecule has 0 saturated heterocycles. The lowest BCUT2D eigenvalue weighted by Gasteiger charge is -2.14. The molecule has 5 rings (SSSR count). The maximum absolute atomic E-state index is 12.9. The molecule has 3 amide bonds. The van der Waals surface area contributed by atoms with Crippen molar-refractivity contribution in [3.63, 3.8) is 0 Å². The number of sulfonamides is 1. The summed E-state index contributed by atoms with van der Waals surface area (Å²) in [7, 11) is -0.697. The summed E-state index contributed by atoms with van der Waals surface area (Å²) in [5.41, 5.74) is 1.69. The third kappa shape index (κ3) is 3.89. The van der Waals surface area contributed by atoms with Gasteiger partial charge in [-0.3, -0.25) is 19.7 Å². The number of benzene rings is 3. The van der Waals surface area contributed by atoms with Crippen molar-refractivity contribution in [2.24, 2.45) is 0 Å². The SMILES string of the molecule is CN(C)S(=O)(=O)c1ccc2nc(NC(=O)c3cccc(N4C(=O)c5ccccc5C4=O)c3)sc2c1. The molecule has 0 spiro atoms. The number of hydrogen-bond acceptors (Lipinski definition) is 7. The lowest BCUT2D eigenvalue weighted by Crippen LogP contribution is -2.29. The van der Waals surface area contributed by atoms with Gasteiger partial charge in [-0.05, 0) is 48.5 Å². The molecule has 1 N–H and O–H groups in total. The minimum atomic E-state index is -3.60. The van der Waals surface area contributed by atoms with Crippen LogP contribution < -0.4 is 10.2 Å². The van der Waals surface area contributed by atoms with Gasteiger partial charge in [0.25, 0.3) is 17.7 Å². The van der Waals surface area contributed by atoms with Gasteiger partial charge in [-0.15, -0.1) is 0 Å². The number of imide groups is 1. The molecular formula is C24H18N4O5S2. The van der Waals surface area contributed by atoms with E-state index in [0.29, 0.717) is 21.3 Å². The summed E-state index contributed by atoms with van der Waals surface area (Å²) in [6, 6.07) is 17.3. The van der Waals surface area contributed by atoms with Crippen molar-refractivity contribution in [3.8, 4) is 0 Å². The molecule has 4 aromatic rings. The normalized spacial score (nSPS) is 13.5. The predicted molar refractivity (Wildman–Crippen MR) is 132 cm³/mol. The monoisotopic (exact) mass is 506 g/mol. The van der Waals surface area contributed by atoms with Crippen molar-refractivity contribution in [2.75, 3.05) is 24.3 Å². The zero-order chi connectivity index (χ0) is 24.9. The maximum atomic E-state index is 12.9. The minimum absolute atomic E-state index is 0.130. The van der Waals surface area contributed by atoms with Crippen LogP contribution in [0.2, 0.25) is 0 Å². The van der Waals surface area contributed by atoms with E-state index in [1.165, 1.54) is 32.3 Å². The van der Waals surface area contributed by atoms with Crippen LogP contribution >= 0.6 is 11.3 Å². The van der Waals surface area contributed by atoms with Crippen molar-refractivity contribution in [1.29, 1.82) is 0 Å². The topological polar surface area (TPSA) is 117 Å². The third-order valence-corrected chi connectivity index (χ3v) is 8.26. The number of anilines is 2. The first-order chi connectivity index (χ1) is 16.7. The van der Waals surface area contributed by atoms with Crippen molar-refractivity contribution >= 4 is 60.1 Å². The van der Waals surface area contributed by atoms with E-state index >= 15 is 0 Å². The highest BCUT2D eigenvalue weighted by atomic mass is 32.2. The summed E-state index contributed by atoms with van der Waals surface area (Å²) in [5, 5.41) is 2.99. The molecule has 0 fully saturated rings. The van der Waals surface area contributed by atoms with Crippen LogP contribution in [0.4, 0.5) is 10.8 Å². The fraction of sp³-hybridized carbons (Fsp3) is 0.0833. The molecule has 0 radical (unpaired) electrons. The van der Waals surface area contributed by atoms with Gasteiger partial charge in [0, 0.05) is 19.7 Å². The molecule has 35 heavy (non-hydrogen) atoms. The Hall–Kier alpha value is -3.93. The zero-order valence-electron chi connectivity index (χ0n) is 18.6. The van der Waals surface area contributed by atoms with Crippen LogP contribution in [0.15, 0.2) is 71.6 Å². The molecule has 1 aromatic heterocycles. The zero-order valence-corrected chi connectivity index (χ0v) is 20.2. The summed E-state index contributed by atoms with van der Waals surface area (Å²) in [5.74, 6) is -1.38. The van der Waals surface area contributed by atoms with E-state index in [4.69, 9.17) is 0 Å². The van der Waals surface area contributed by atoms with Crippen LogP contribution in [0, 0.1) is 0 Å². The quantitative estimate of drug-likeness (QED) is 0.414. The van der Waals surface area contributed by atoms with Gasteiger partial charge in [0.1, 0.15) is 0 Å². The van der Waals surface area contributed by atoms with Crippen LogP contribution in [-0.2, 0) is 10.0 Å². The van der Waals surface area contributed by atoms with Crippen LogP contribution in [0.3, 0.4) is 0 Å². The Balaban J connectivity index is 1.40. The van der Waals surface area contributed by atoms with Crippen molar-refractivity contribution in [3.05, 3.63) is 83.4 Å². The van der Waals surface area contributed by atoms with Gasteiger partial charge in [-0.2, -0.15) is 0 Å². The van der Waals surface area contributed by atoms with E-state index in [9.17, 15) is 22.8 Å². The summed E-state index contributed by atoms with van der Waals surface area (Å²) in [6.07, 6.45) is 0. The van der Waals surface area contributed by atoms with E-state index in [0.717, 1.165) is 20.5 Å². The molecule has 0 bridgehead atoms. The average molecular weight is 507 g/mol. The molecule has 1 aliphatic heterocycles. The van der Waals surface area contributed by atoms with Crippen LogP contribution in [0.25, 0.3) is 10.2 Å². The van der Waals surface area contributed by atoms with Gasteiger partial charge < -0.3 is 0 Å². The van der Waals surface area contributed by atoms with E-state index in [-0.39, 0.29) is 21.3 Å². The largest absolute Gasteiger partial charge is 0.298 e. The first kappa shape index (κ1) is 22.8. The maximum Gasteiger partial charge on any atom is 0.266 e. The molecular weight excluding hydrogens is 488 g/mol. The smallest absolute Gasteiger partial charge is 0.266 e. The molecule has 0 aliphatic carbocycles. The van der Waals surface area contributed by atoms with Gasteiger partial charge in [0.2, 0.25) is 10.0 Å². The molecule has 0 atom stereocenters. The Labute approximate surface area is 204 Å².